The SMILES string of the molecule is Cc1cccc(Cl)c1S(=O)(=O)N1CCC2(CC1)CC2C(=O)O. The molecule has 1 aliphatic carbocycles. The Hall–Kier alpha value is -1.11. The van der Waals surface area contributed by atoms with Crippen LogP contribution in [0.2, 0.25) is 5.02 Å². The van der Waals surface area contributed by atoms with Gasteiger partial charge in [-0.15, -0.1) is 0 Å². The Morgan fingerprint density at radius 3 is 2.50 bits per heavy atom. The minimum absolute atomic E-state index is 0.165. The molecule has 120 valence electrons. The second-order valence-corrected chi connectivity index (χ2v) is 8.53. The Morgan fingerprint density at radius 2 is 2.00 bits per heavy atom. The minimum atomic E-state index is -3.63. The molecule has 1 saturated heterocycles. The lowest BCUT2D eigenvalue weighted by Gasteiger charge is -2.32. The van der Waals surface area contributed by atoms with Crippen LogP contribution in [0.1, 0.15) is 24.8 Å². The van der Waals surface area contributed by atoms with Crippen LogP contribution >= 0.6 is 11.6 Å². The monoisotopic (exact) mass is 343 g/mol. The first kappa shape index (κ1) is 15.8. The Morgan fingerprint density at radius 1 is 1.36 bits per heavy atom. The summed E-state index contributed by atoms with van der Waals surface area (Å²) >= 11 is 6.08. The predicted molar refractivity (Wildman–Crippen MR) is 82.4 cm³/mol. The van der Waals surface area contributed by atoms with Gasteiger partial charge < -0.3 is 5.11 Å². The summed E-state index contributed by atoms with van der Waals surface area (Å²) in [7, 11) is -3.63. The van der Waals surface area contributed by atoms with Crippen molar-refractivity contribution >= 4 is 27.6 Å². The number of piperidine rings is 1. The first-order chi connectivity index (χ1) is 10.3. The maximum Gasteiger partial charge on any atom is 0.307 e. The van der Waals surface area contributed by atoms with E-state index in [2.05, 4.69) is 0 Å². The molecule has 1 N–H and O–H groups in total. The molecule has 2 fully saturated rings. The number of halogens is 1. The van der Waals surface area contributed by atoms with Crippen molar-refractivity contribution in [2.24, 2.45) is 11.3 Å². The number of rotatable bonds is 3. The van der Waals surface area contributed by atoms with Crippen LogP contribution in [-0.2, 0) is 14.8 Å². The van der Waals surface area contributed by atoms with Crippen molar-refractivity contribution in [3.8, 4) is 0 Å². The average Bonchev–Trinajstić information content (AvgIpc) is 3.13. The molecule has 1 aliphatic heterocycles. The minimum Gasteiger partial charge on any atom is -0.481 e. The number of carboxylic acid groups (broad SMARTS) is 1. The Balaban J connectivity index is 1.80. The molecular formula is C15H18ClNO4S. The highest BCUT2D eigenvalue weighted by Gasteiger charge is 2.59. The Labute approximate surface area is 134 Å². The molecule has 1 atom stereocenters. The molecule has 1 unspecified atom stereocenters. The topological polar surface area (TPSA) is 74.7 Å². The summed E-state index contributed by atoms with van der Waals surface area (Å²) < 4.78 is 27.0. The van der Waals surface area contributed by atoms with Gasteiger partial charge in [0, 0.05) is 13.1 Å². The smallest absolute Gasteiger partial charge is 0.307 e. The van der Waals surface area contributed by atoms with Crippen LogP contribution in [0.3, 0.4) is 0 Å². The standard InChI is InChI=1S/C15H18ClNO4S/c1-10-3-2-4-12(16)13(10)22(20,21)17-7-5-15(6-8-17)9-11(15)14(18)19/h2-4,11H,5-9H2,1H3,(H,18,19). The van der Waals surface area contributed by atoms with E-state index in [0.717, 1.165) is 0 Å². The number of carboxylic acids is 1. The van der Waals surface area contributed by atoms with E-state index in [1.807, 2.05) is 0 Å². The number of sulfonamides is 1. The summed E-state index contributed by atoms with van der Waals surface area (Å²) in [6.07, 6.45) is 1.88. The zero-order valence-electron chi connectivity index (χ0n) is 12.3. The molecule has 0 aromatic heterocycles. The van der Waals surface area contributed by atoms with Crippen molar-refractivity contribution < 1.29 is 18.3 Å². The van der Waals surface area contributed by atoms with Gasteiger partial charge in [-0.1, -0.05) is 23.7 Å². The maximum absolute atomic E-state index is 12.8. The van der Waals surface area contributed by atoms with E-state index in [-0.39, 0.29) is 21.3 Å². The van der Waals surface area contributed by atoms with E-state index in [1.54, 1.807) is 25.1 Å². The van der Waals surface area contributed by atoms with Crippen molar-refractivity contribution in [3.05, 3.63) is 28.8 Å². The largest absolute Gasteiger partial charge is 0.481 e. The number of hydrogen-bond donors (Lipinski definition) is 1. The molecule has 0 bridgehead atoms. The fourth-order valence-corrected chi connectivity index (χ4v) is 5.72. The molecule has 7 heteroatoms. The van der Waals surface area contributed by atoms with Gasteiger partial charge >= 0.3 is 5.97 Å². The summed E-state index contributed by atoms with van der Waals surface area (Å²) in [5.74, 6) is -1.07. The summed E-state index contributed by atoms with van der Waals surface area (Å²) in [5.41, 5.74) is 0.440. The van der Waals surface area contributed by atoms with E-state index < -0.39 is 16.0 Å². The zero-order chi connectivity index (χ0) is 16.1. The average molecular weight is 344 g/mol. The van der Waals surface area contributed by atoms with Crippen LogP contribution < -0.4 is 0 Å². The molecule has 22 heavy (non-hydrogen) atoms. The van der Waals surface area contributed by atoms with Gasteiger partial charge in [0.1, 0.15) is 4.90 Å². The fourth-order valence-electron chi connectivity index (χ4n) is 3.49. The van der Waals surface area contributed by atoms with Gasteiger partial charge in [0.25, 0.3) is 0 Å². The third kappa shape index (κ3) is 2.43. The highest BCUT2D eigenvalue weighted by atomic mass is 35.5. The molecule has 0 amide bonds. The summed E-state index contributed by atoms with van der Waals surface area (Å²) in [5, 5.41) is 9.33. The fraction of sp³-hybridized carbons (Fsp3) is 0.533. The maximum atomic E-state index is 12.8. The van der Waals surface area contributed by atoms with E-state index in [9.17, 15) is 13.2 Å². The van der Waals surface area contributed by atoms with Crippen molar-refractivity contribution in [2.75, 3.05) is 13.1 Å². The van der Waals surface area contributed by atoms with Gasteiger partial charge in [0.15, 0.2) is 0 Å². The molecule has 2 aliphatic rings. The number of aryl methyl sites for hydroxylation is 1. The number of nitrogens with zero attached hydrogens (tertiary/aromatic N) is 1. The third-order valence-electron chi connectivity index (χ3n) is 4.97. The Kier molecular flexibility index (Phi) is 3.74. The second-order valence-electron chi connectivity index (χ2n) is 6.25. The normalized spacial score (nSPS) is 24.4. The molecule has 1 spiro atoms. The van der Waals surface area contributed by atoms with Gasteiger partial charge in [-0.05, 0) is 43.2 Å². The molecule has 1 heterocycles. The number of aliphatic carboxylic acids is 1. The van der Waals surface area contributed by atoms with E-state index in [0.29, 0.717) is 37.9 Å². The van der Waals surface area contributed by atoms with E-state index >= 15 is 0 Å². The molecule has 1 saturated carbocycles. The molecule has 1 aromatic rings. The van der Waals surface area contributed by atoms with Crippen LogP contribution in [-0.4, -0.2) is 36.9 Å². The number of hydrogen-bond acceptors (Lipinski definition) is 3. The Bertz CT molecular complexity index is 703. The lowest BCUT2D eigenvalue weighted by Crippen LogP contribution is -2.40. The van der Waals surface area contributed by atoms with Crippen LogP contribution in [0.5, 0.6) is 0 Å². The first-order valence-corrected chi connectivity index (χ1v) is 9.08. The van der Waals surface area contributed by atoms with Gasteiger partial charge in [0.05, 0.1) is 10.9 Å². The summed E-state index contributed by atoms with van der Waals surface area (Å²) in [4.78, 5) is 11.2. The molecule has 3 rings (SSSR count). The van der Waals surface area contributed by atoms with Gasteiger partial charge in [-0.3, -0.25) is 4.79 Å². The molecular weight excluding hydrogens is 326 g/mol. The molecule has 1 aromatic carbocycles. The van der Waals surface area contributed by atoms with Crippen molar-refractivity contribution in [1.82, 2.24) is 4.31 Å². The van der Waals surface area contributed by atoms with Crippen LogP contribution in [0, 0.1) is 18.3 Å². The predicted octanol–water partition coefficient (Wildman–Crippen LogP) is 2.52. The van der Waals surface area contributed by atoms with Crippen molar-refractivity contribution in [3.63, 3.8) is 0 Å². The summed E-state index contributed by atoms with van der Waals surface area (Å²) in [6.45, 7) is 2.44. The van der Waals surface area contributed by atoms with Crippen LogP contribution in [0.15, 0.2) is 23.1 Å². The summed E-state index contributed by atoms with van der Waals surface area (Å²) in [6, 6.07) is 5.03. The first-order valence-electron chi connectivity index (χ1n) is 7.26. The lowest BCUT2D eigenvalue weighted by atomic mass is 9.92. The molecule has 5 nitrogen and oxygen atoms in total. The second kappa shape index (κ2) is 5.22. The quantitative estimate of drug-likeness (QED) is 0.915. The highest BCUT2D eigenvalue weighted by Crippen LogP contribution is 2.59. The van der Waals surface area contributed by atoms with Crippen LogP contribution in [0.4, 0.5) is 0 Å². The number of carbonyl (C=O) groups is 1. The lowest BCUT2D eigenvalue weighted by molar-refractivity contribution is -0.139. The number of benzene rings is 1. The molecule has 0 radical (unpaired) electrons. The van der Waals surface area contributed by atoms with E-state index in [1.165, 1.54) is 4.31 Å². The van der Waals surface area contributed by atoms with E-state index in [4.69, 9.17) is 16.7 Å². The van der Waals surface area contributed by atoms with Gasteiger partial charge in [0.2, 0.25) is 10.0 Å². The van der Waals surface area contributed by atoms with Crippen molar-refractivity contribution in [2.45, 2.75) is 31.1 Å². The van der Waals surface area contributed by atoms with Crippen LogP contribution in [0.25, 0.3) is 0 Å². The zero-order valence-corrected chi connectivity index (χ0v) is 13.8. The third-order valence-corrected chi connectivity index (χ3v) is 7.50. The van der Waals surface area contributed by atoms with Crippen molar-refractivity contribution in [1.29, 1.82) is 0 Å². The van der Waals surface area contributed by atoms with Gasteiger partial charge in [-0.25, -0.2) is 8.42 Å². The van der Waals surface area contributed by atoms with Gasteiger partial charge in [-0.2, -0.15) is 4.31 Å². The highest BCUT2D eigenvalue weighted by molar-refractivity contribution is 7.89.